The molecule has 3 aromatic rings. The van der Waals surface area contributed by atoms with Crippen molar-refractivity contribution in [3.8, 4) is 17.7 Å². The van der Waals surface area contributed by atoms with Crippen LogP contribution in [0.2, 0.25) is 0 Å². The number of ether oxygens (including phenoxy) is 1. The molecule has 1 amide bonds. The van der Waals surface area contributed by atoms with Crippen LogP contribution < -0.4 is 4.74 Å². The summed E-state index contributed by atoms with van der Waals surface area (Å²) in [6.45, 7) is 3.15. The molecule has 3 atom stereocenters. The molecule has 0 saturated heterocycles. The number of benzene rings is 2. The van der Waals surface area contributed by atoms with Crippen molar-refractivity contribution in [2.75, 3.05) is 26.7 Å². The van der Waals surface area contributed by atoms with Gasteiger partial charge in [-0.1, -0.05) is 43.0 Å². The highest BCUT2D eigenvalue weighted by molar-refractivity contribution is 7.89. The molecule has 1 aliphatic rings. The van der Waals surface area contributed by atoms with E-state index in [0.717, 1.165) is 10.4 Å². The Hall–Kier alpha value is -3.85. The van der Waals surface area contributed by atoms with Gasteiger partial charge in [0.15, 0.2) is 0 Å². The average Bonchev–Trinajstić information content (AvgIpc) is 2.94. The van der Waals surface area contributed by atoms with Crippen molar-refractivity contribution in [3.05, 3.63) is 89.1 Å². The number of pyridine rings is 1. The zero-order valence-electron chi connectivity index (χ0n) is 22.2. The molecule has 1 aliphatic heterocycles. The maximum atomic E-state index is 14.3. The standard InChI is InChI=1S/C29H29F2N3O5S/c1-19-16-34(20(2)18-35)29(36)23-14-21(12-13-22-8-4-5-9-24(22)30)15-32-28(23)39-26(19)17-33(3)40(37,38)27-11-7-6-10-25(27)31/h4-11,14-15,19-20,26,35H,16-18H2,1-3H3/t19-,20-,26+/m0/s1. The van der Waals surface area contributed by atoms with Crippen molar-refractivity contribution in [3.63, 3.8) is 0 Å². The van der Waals surface area contributed by atoms with Gasteiger partial charge in [0.25, 0.3) is 5.91 Å². The molecule has 8 nitrogen and oxygen atoms in total. The quantitative estimate of drug-likeness (QED) is 0.458. The Morgan fingerprint density at radius 1 is 1.15 bits per heavy atom. The Morgan fingerprint density at radius 3 is 2.50 bits per heavy atom. The highest BCUT2D eigenvalue weighted by atomic mass is 32.2. The molecule has 210 valence electrons. The summed E-state index contributed by atoms with van der Waals surface area (Å²) in [6.07, 6.45) is 0.595. The van der Waals surface area contributed by atoms with Crippen LogP contribution in [-0.4, -0.2) is 72.5 Å². The van der Waals surface area contributed by atoms with Crippen LogP contribution in [0.5, 0.6) is 5.88 Å². The fourth-order valence-electron chi connectivity index (χ4n) is 4.26. The molecule has 2 heterocycles. The van der Waals surface area contributed by atoms with Gasteiger partial charge in [-0.3, -0.25) is 4.79 Å². The third-order valence-electron chi connectivity index (χ3n) is 6.70. The average molecular weight is 570 g/mol. The lowest BCUT2D eigenvalue weighted by atomic mass is 10.0. The fourth-order valence-corrected chi connectivity index (χ4v) is 5.51. The summed E-state index contributed by atoms with van der Waals surface area (Å²) < 4.78 is 61.7. The number of carbonyl (C=O) groups excluding carboxylic acids is 1. The van der Waals surface area contributed by atoms with Gasteiger partial charge in [0.2, 0.25) is 15.9 Å². The molecular weight excluding hydrogens is 540 g/mol. The van der Waals surface area contributed by atoms with Crippen molar-refractivity contribution in [2.45, 2.75) is 30.9 Å². The van der Waals surface area contributed by atoms with E-state index < -0.39 is 50.5 Å². The van der Waals surface area contributed by atoms with Gasteiger partial charge in [-0.15, -0.1) is 0 Å². The third-order valence-corrected chi connectivity index (χ3v) is 8.55. The number of aliphatic hydroxyl groups excluding tert-OH is 1. The molecule has 0 spiro atoms. The van der Waals surface area contributed by atoms with Crippen LogP contribution in [0.25, 0.3) is 0 Å². The van der Waals surface area contributed by atoms with E-state index in [1.54, 1.807) is 26.0 Å². The predicted octanol–water partition coefficient (Wildman–Crippen LogP) is 3.30. The van der Waals surface area contributed by atoms with Crippen molar-refractivity contribution < 1.29 is 31.8 Å². The SMILES string of the molecule is C[C@H]1CN([C@@H](C)CO)C(=O)c2cc(C#Cc3ccccc3F)cnc2O[C@@H]1CN(C)S(=O)(=O)c1ccccc1F. The third kappa shape index (κ3) is 6.14. The Balaban J connectivity index is 1.70. The highest BCUT2D eigenvalue weighted by Crippen LogP contribution is 2.28. The van der Waals surface area contributed by atoms with Crippen molar-refractivity contribution in [2.24, 2.45) is 5.92 Å². The monoisotopic (exact) mass is 569 g/mol. The van der Waals surface area contributed by atoms with Gasteiger partial charge in [-0.25, -0.2) is 22.2 Å². The van der Waals surface area contributed by atoms with Gasteiger partial charge in [-0.05, 0) is 37.3 Å². The zero-order chi connectivity index (χ0) is 29.0. The first kappa shape index (κ1) is 29.1. The first-order chi connectivity index (χ1) is 19.0. The van der Waals surface area contributed by atoms with Gasteiger partial charge in [0, 0.05) is 31.3 Å². The molecule has 1 aromatic heterocycles. The summed E-state index contributed by atoms with van der Waals surface area (Å²) in [6, 6.07) is 12.0. The van der Waals surface area contributed by atoms with E-state index in [2.05, 4.69) is 16.8 Å². The lowest BCUT2D eigenvalue weighted by Crippen LogP contribution is -2.50. The van der Waals surface area contributed by atoms with Crippen molar-refractivity contribution in [1.82, 2.24) is 14.2 Å². The summed E-state index contributed by atoms with van der Waals surface area (Å²) >= 11 is 0. The van der Waals surface area contributed by atoms with Crippen LogP contribution in [0, 0.1) is 29.4 Å². The summed E-state index contributed by atoms with van der Waals surface area (Å²) in [4.78, 5) is 18.9. The minimum atomic E-state index is -4.19. The largest absolute Gasteiger partial charge is 0.472 e. The number of halogens is 2. The van der Waals surface area contributed by atoms with Gasteiger partial charge in [-0.2, -0.15) is 4.31 Å². The fraction of sp³-hybridized carbons (Fsp3) is 0.310. The maximum absolute atomic E-state index is 14.3. The van der Waals surface area contributed by atoms with Crippen LogP contribution in [0.3, 0.4) is 0 Å². The second-order valence-corrected chi connectivity index (χ2v) is 11.7. The van der Waals surface area contributed by atoms with E-state index in [9.17, 15) is 27.1 Å². The molecule has 2 aromatic carbocycles. The topological polar surface area (TPSA) is 100 Å². The number of sulfonamides is 1. The molecule has 0 bridgehead atoms. The molecule has 0 saturated carbocycles. The van der Waals surface area contributed by atoms with Gasteiger partial charge in [0.05, 0.1) is 24.8 Å². The molecular formula is C29H29F2N3O5S. The number of aliphatic hydroxyl groups is 1. The molecule has 11 heteroatoms. The summed E-state index contributed by atoms with van der Waals surface area (Å²) in [5, 5.41) is 9.84. The summed E-state index contributed by atoms with van der Waals surface area (Å²) in [5.74, 6) is 3.30. The van der Waals surface area contributed by atoms with Crippen LogP contribution in [-0.2, 0) is 10.0 Å². The number of fused-ring (bicyclic) bond motifs is 1. The second kappa shape index (κ2) is 12.1. The highest BCUT2D eigenvalue weighted by Gasteiger charge is 2.36. The lowest BCUT2D eigenvalue weighted by molar-refractivity contribution is 0.0373. The van der Waals surface area contributed by atoms with Crippen LogP contribution in [0.1, 0.15) is 35.3 Å². The van der Waals surface area contributed by atoms with E-state index in [1.165, 1.54) is 54.5 Å². The Bertz CT molecular complexity index is 1570. The smallest absolute Gasteiger partial charge is 0.259 e. The van der Waals surface area contributed by atoms with Crippen molar-refractivity contribution >= 4 is 15.9 Å². The van der Waals surface area contributed by atoms with Gasteiger partial charge < -0.3 is 14.7 Å². The normalized spacial score (nSPS) is 18.2. The molecule has 0 radical (unpaired) electrons. The zero-order valence-corrected chi connectivity index (χ0v) is 23.0. The number of hydrogen-bond donors (Lipinski definition) is 1. The van der Waals surface area contributed by atoms with Crippen LogP contribution in [0.4, 0.5) is 8.78 Å². The van der Waals surface area contributed by atoms with E-state index in [4.69, 9.17) is 4.74 Å². The number of rotatable bonds is 6. The Labute approximate surface area is 232 Å². The molecule has 0 unspecified atom stereocenters. The number of hydrogen-bond acceptors (Lipinski definition) is 6. The van der Waals surface area contributed by atoms with Crippen LogP contribution in [0.15, 0.2) is 65.7 Å². The number of nitrogens with zero attached hydrogens (tertiary/aromatic N) is 3. The van der Waals surface area contributed by atoms with Crippen LogP contribution >= 0.6 is 0 Å². The first-order valence-corrected chi connectivity index (χ1v) is 14.0. The predicted molar refractivity (Wildman–Crippen MR) is 144 cm³/mol. The number of aromatic nitrogens is 1. The van der Waals surface area contributed by atoms with Gasteiger partial charge >= 0.3 is 0 Å². The van der Waals surface area contributed by atoms with E-state index in [1.807, 2.05) is 0 Å². The minimum Gasteiger partial charge on any atom is -0.472 e. The number of carbonyl (C=O) groups is 1. The van der Waals surface area contributed by atoms with Gasteiger partial charge in [0.1, 0.15) is 28.2 Å². The molecule has 0 fully saturated rings. The van der Waals surface area contributed by atoms with E-state index >= 15 is 0 Å². The molecule has 40 heavy (non-hydrogen) atoms. The van der Waals surface area contributed by atoms with E-state index in [0.29, 0.717) is 5.56 Å². The Kier molecular flexibility index (Phi) is 8.83. The Morgan fingerprint density at radius 2 is 1.82 bits per heavy atom. The molecule has 1 N–H and O–H groups in total. The molecule has 0 aliphatic carbocycles. The summed E-state index contributed by atoms with van der Waals surface area (Å²) in [5.41, 5.74) is 0.581. The minimum absolute atomic E-state index is 0.0372. The number of amides is 1. The van der Waals surface area contributed by atoms with Crippen molar-refractivity contribution in [1.29, 1.82) is 0 Å². The first-order valence-electron chi connectivity index (χ1n) is 12.6. The lowest BCUT2D eigenvalue weighted by Gasteiger charge is -2.37. The summed E-state index contributed by atoms with van der Waals surface area (Å²) in [7, 11) is -2.87. The van der Waals surface area contributed by atoms with E-state index in [-0.39, 0.29) is 36.7 Å². The number of likely N-dealkylation sites (N-methyl/N-ethyl adjacent to an activating group) is 1. The maximum Gasteiger partial charge on any atom is 0.259 e. The molecule has 4 rings (SSSR count). The second-order valence-electron chi connectivity index (χ2n) is 9.65.